The van der Waals surface area contributed by atoms with Gasteiger partial charge in [-0.3, -0.25) is 0 Å². The summed E-state index contributed by atoms with van der Waals surface area (Å²) >= 11 is 3.76. The third-order valence-corrected chi connectivity index (χ3v) is 12.7. The van der Waals surface area contributed by atoms with E-state index in [4.69, 9.17) is 17.7 Å². The van der Waals surface area contributed by atoms with Crippen LogP contribution in [0.5, 0.6) is 0 Å². The van der Waals surface area contributed by atoms with E-state index in [0.717, 1.165) is 66.9 Å². The van der Waals surface area contributed by atoms with Gasteiger partial charge in [-0.1, -0.05) is 97.1 Å². The molecule has 6 heterocycles. The average Bonchev–Trinajstić information content (AvgIpc) is 4.03. The van der Waals surface area contributed by atoms with Crippen LogP contribution in [0.2, 0.25) is 0 Å². The molecule has 0 N–H and O–H groups in total. The summed E-state index contributed by atoms with van der Waals surface area (Å²) < 4.78 is 29.8. The Morgan fingerprint density at radius 3 is 1.17 bits per heavy atom. The number of fused-ring (bicyclic) bond motifs is 11. The monoisotopic (exact) mass is 704 g/mol. The molecule has 0 radical (unpaired) electrons. The third kappa shape index (κ3) is 4.19. The predicted octanol–water partition coefficient (Wildman–Crippen LogP) is 14.9. The van der Waals surface area contributed by atoms with Crippen molar-refractivity contribution in [3.05, 3.63) is 146 Å². The lowest BCUT2D eigenvalue weighted by Crippen LogP contribution is -1.79. The van der Waals surface area contributed by atoms with E-state index in [1.165, 1.54) is 51.8 Å². The Hall–Kier alpha value is -6.34. The topological polar surface area (TPSA) is 52.6 Å². The third-order valence-electron chi connectivity index (χ3n) is 10.2. The van der Waals surface area contributed by atoms with Gasteiger partial charge in [0.25, 0.3) is 0 Å². The molecule has 0 fully saturated rings. The lowest BCUT2D eigenvalue weighted by atomic mass is 10.0. The normalized spacial score (nSPS) is 12.2. The molecule has 244 valence electrons. The van der Waals surface area contributed by atoms with Gasteiger partial charge in [0.1, 0.15) is 22.7 Å². The van der Waals surface area contributed by atoms with E-state index in [1.807, 2.05) is 83.3 Å². The fourth-order valence-corrected chi connectivity index (χ4v) is 10.3. The molecular weight excluding hydrogens is 681 g/mol. The van der Waals surface area contributed by atoms with Gasteiger partial charge >= 0.3 is 0 Å². The SMILES string of the molecule is c1ccc2c(c1)oc1cc(-c3ccc(-c4ccc5c(c4)sc4c6ccc(-c7ccc(-c8cc9oc%10ccccc%10c9o8)cc7)cc6sc54)cc3)oc12. The van der Waals surface area contributed by atoms with Crippen molar-refractivity contribution < 1.29 is 17.7 Å². The maximum atomic E-state index is 6.24. The van der Waals surface area contributed by atoms with E-state index in [0.29, 0.717) is 0 Å². The standard InChI is InChI=1S/C46H24O4S2/c1-3-7-35-31(5-1)43-39(47-35)23-37(49-43)27-13-9-25(10-14-27)29-17-19-33-41(21-29)51-46-34-20-18-30(22-42(34)52-45(33)46)26-11-15-28(16-12-26)38-24-40-44(50-38)32-6-2-4-8-36(32)48-40/h1-24H. The Kier molecular flexibility index (Phi) is 5.78. The van der Waals surface area contributed by atoms with Gasteiger partial charge in [-0.25, -0.2) is 0 Å². The average molecular weight is 705 g/mol. The van der Waals surface area contributed by atoms with E-state index in [9.17, 15) is 0 Å². The molecule has 0 atom stereocenters. The molecular formula is C46H24O4S2. The first-order valence-corrected chi connectivity index (χ1v) is 18.8. The summed E-state index contributed by atoms with van der Waals surface area (Å²) in [4.78, 5) is 0. The lowest BCUT2D eigenvalue weighted by molar-refractivity contribution is 0.630. The van der Waals surface area contributed by atoms with Crippen molar-refractivity contribution in [2.45, 2.75) is 0 Å². The van der Waals surface area contributed by atoms with Gasteiger partial charge in [-0.05, 0) is 58.7 Å². The highest BCUT2D eigenvalue weighted by Gasteiger charge is 2.17. The molecule has 6 aromatic heterocycles. The number of rotatable bonds is 4. The van der Waals surface area contributed by atoms with Crippen molar-refractivity contribution in [2.75, 3.05) is 0 Å². The number of furan rings is 4. The molecule has 0 amide bonds. The zero-order chi connectivity index (χ0) is 33.9. The summed E-state index contributed by atoms with van der Waals surface area (Å²) in [7, 11) is 0. The van der Waals surface area contributed by atoms with Crippen LogP contribution < -0.4 is 0 Å². The minimum atomic E-state index is 0.776. The van der Waals surface area contributed by atoms with Gasteiger partial charge in [0.2, 0.25) is 0 Å². The smallest absolute Gasteiger partial charge is 0.181 e. The van der Waals surface area contributed by atoms with Crippen molar-refractivity contribution in [3.8, 4) is 44.9 Å². The minimum absolute atomic E-state index is 0.776. The zero-order valence-corrected chi connectivity index (χ0v) is 28.9. The molecule has 0 saturated heterocycles. The highest BCUT2D eigenvalue weighted by atomic mass is 32.1. The zero-order valence-electron chi connectivity index (χ0n) is 27.3. The quantitative estimate of drug-likeness (QED) is 0.183. The minimum Gasteiger partial charge on any atom is -0.452 e. The Bertz CT molecular complexity index is 3120. The second kappa shape index (κ2) is 10.6. The number of benzene rings is 6. The Balaban J connectivity index is 0.829. The van der Waals surface area contributed by atoms with Crippen molar-refractivity contribution in [1.82, 2.24) is 0 Å². The predicted molar refractivity (Wildman–Crippen MR) is 216 cm³/mol. The van der Waals surface area contributed by atoms with E-state index >= 15 is 0 Å². The summed E-state index contributed by atoms with van der Waals surface area (Å²) in [6.45, 7) is 0. The van der Waals surface area contributed by atoms with Gasteiger partial charge in [-0.15, -0.1) is 22.7 Å². The number of para-hydroxylation sites is 2. The first-order valence-electron chi connectivity index (χ1n) is 17.1. The molecule has 6 heteroatoms. The largest absolute Gasteiger partial charge is 0.452 e. The van der Waals surface area contributed by atoms with Gasteiger partial charge in [0.05, 0.1) is 20.2 Å². The van der Waals surface area contributed by atoms with E-state index in [2.05, 4.69) is 84.9 Å². The van der Waals surface area contributed by atoms with Crippen molar-refractivity contribution in [3.63, 3.8) is 0 Å². The van der Waals surface area contributed by atoms with Crippen LogP contribution >= 0.6 is 22.7 Å². The molecule has 0 aliphatic heterocycles. The van der Waals surface area contributed by atoms with Crippen molar-refractivity contribution in [2.24, 2.45) is 0 Å². The van der Waals surface area contributed by atoms with Crippen LogP contribution in [-0.4, -0.2) is 0 Å². The van der Waals surface area contributed by atoms with Crippen LogP contribution in [0.25, 0.3) is 119 Å². The first-order chi connectivity index (χ1) is 25.7. The first kappa shape index (κ1) is 28.4. The van der Waals surface area contributed by atoms with Crippen molar-refractivity contribution in [1.29, 1.82) is 0 Å². The highest BCUT2D eigenvalue weighted by molar-refractivity contribution is 7.36. The summed E-state index contributed by atoms with van der Waals surface area (Å²) in [6, 6.07) is 50.8. The Morgan fingerprint density at radius 2 is 0.712 bits per heavy atom. The van der Waals surface area contributed by atoms with E-state index in [-0.39, 0.29) is 0 Å². The van der Waals surface area contributed by atoms with Gasteiger partial charge in [0, 0.05) is 43.4 Å². The second-order valence-electron chi connectivity index (χ2n) is 13.2. The molecule has 12 aromatic rings. The molecule has 0 spiro atoms. The number of hydrogen-bond acceptors (Lipinski definition) is 6. The lowest BCUT2D eigenvalue weighted by Gasteiger charge is -2.04. The maximum absolute atomic E-state index is 6.24. The number of hydrogen-bond donors (Lipinski definition) is 0. The van der Waals surface area contributed by atoms with Crippen LogP contribution in [0, 0.1) is 0 Å². The Morgan fingerprint density at radius 1 is 0.308 bits per heavy atom. The molecule has 0 bridgehead atoms. The van der Waals surface area contributed by atoms with Gasteiger partial charge in [-0.2, -0.15) is 0 Å². The summed E-state index contributed by atoms with van der Waals surface area (Å²) in [6.07, 6.45) is 0. The maximum Gasteiger partial charge on any atom is 0.181 e. The highest BCUT2D eigenvalue weighted by Crippen LogP contribution is 2.46. The molecule has 0 unspecified atom stereocenters. The summed E-state index contributed by atoms with van der Waals surface area (Å²) in [5, 5.41) is 4.63. The molecule has 0 saturated carbocycles. The second-order valence-corrected chi connectivity index (χ2v) is 15.3. The van der Waals surface area contributed by atoms with Crippen LogP contribution in [-0.2, 0) is 0 Å². The molecule has 6 aromatic carbocycles. The van der Waals surface area contributed by atoms with Crippen LogP contribution in [0.4, 0.5) is 0 Å². The molecule has 0 aliphatic rings. The fourth-order valence-electron chi connectivity index (χ4n) is 7.55. The molecule has 4 nitrogen and oxygen atoms in total. The summed E-state index contributed by atoms with van der Waals surface area (Å²) in [5.41, 5.74) is 11.7. The van der Waals surface area contributed by atoms with Crippen LogP contribution in [0.1, 0.15) is 0 Å². The van der Waals surface area contributed by atoms with E-state index < -0.39 is 0 Å². The van der Waals surface area contributed by atoms with Crippen LogP contribution in [0.3, 0.4) is 0 Å². The van der Waals surface area contributed by atoms with E-state index in [1.54, 1.807) is 0 Å². The molecule has 12 rings (SSSR count). The van der Waals surface area contributed by atoms with Crippen molar-refractivity contribution >= 4 is 96.5 Å². The fraction of sp³-hybridized carbons (Fsp3) is 0. The van der Waals surface area contributed by atoms with Gasteiger partial charge in [0.15, 0.2) is 22.3 Å². The summed E-state index contributed by atoms with van der Waals surface area (Å²) in [5.74, 6) is 1.62. The number of thiophene rings is 2. The van der Waals surface area contributed by atoms with Gasteiger partial charge < -0.3 is 17.7 Å². The Labute approximate surface area is 303 Å². The van der Waals surface area contributed by atoms with Crippen LogP contribution in [0.15, 0.2) is 163 Å². The molecule has 0 aliphatic carbocycles. The molecule has 52 heavy (non-hydrogen) atoms.